The molecular formula is C12H14F3N3O. The Labute approximate surface area is 108 Å². The Morgan fingerprint density at radius 1 is 1.26 bits per heavy atom. The van der Waals surface area contributed by atoms with E-state index in [-0.39, 0.29) is 0 Å². The maximum atomic E-state index is 12.8. The lowest BCUT2D eigenvalue weighted by atomic mass is 10.1. The Morgan fingerprint density at radius 3 is 2.58 bits per heavy atom. The van der Waals surface area contributed by atoms with Gasteiger partial charge in [-0.3, -0.25) is 15.2 Å². The normalized spacial score (nSPS) is 17.2. The molecule has 0 radical (unpaired) electrons. The van der Waals surface area contributed by atoms with Gasteiger partial charge in [-0.2, -0.15) is 13.2 Å². The lowest BCUT2D eigenvalue weighted by Crippen LogP contribution is -2.45. The summed E-state index contributed by atoms with van der Waals surface area (Å²) in [4.78, 5) is 15.5. The minimum absolute atomic E-state index is 0.444. The number of nitrogens with one attached hydrogen (secondary N) is 1. The van der Waals surface area contributed by atoms with Gasteiger partial charge in [0.15, 0.2) is 0 Å². The van der Waals surface area contributed by atoms with Crippen LogP contribution in [0.15, 0.2) is 18.5 Å². The number of halogens is 3. The molecule has 0 saturated carbocycles. The average molecular weight is 273 g/mol. The summed E-state index contributed by atoms with van der Waals surface area (Å²) in [7, 11) is 0. The number of piperidine rings is 1. The molecule has 1 aliphatic rings. The van der Waals surface area contributed by atoms with Crippen LogP contribution in [0.4, 0.5) is 13.2 Å². The maximum absolute atomic E-state index is 12.8. The molecule has 1 N–H and O–H groups in total. The van der Waals surface area contributed by atoms with Crippen molar-refractivity contribution in [3.05, 3.63) is 29.6 Å². The van der Waals surface area contributed by atoms with E-state index in [1.54, 1.807) is 5.01 Å². The fourth-order valence-corrected chi connectivity index (χ4v) is 2.03. The van der Waals surface area contributed by atoms with Crippen molar-refractivity contribution in [2.45, 2.75) is 25.4 Å². The number of carbonyl (C=O) groups excluding carboxylic acids is 1. The van der Waals surface area contributed by atoms with Crippen molar-refractivity contribution in [3.63, 3.8) is 0 Å². The number of amides is 1. The van der Waals surface area contributed by atoms with Crippen LogP contribution in [0.5, 0.6) is 0 Å². The summed E-state index contributed by atoms with van der Waals surface area (Å²) < 4.78 is 38.3. The molecule has 104 valence electrons. The molecule has 1 fully saturated rings. The van der Waals surface area contributed by atoms with Gasteiger partial charge in [0, 0.05) is 25.5 Å². The van der Waals surface area contributed by atoms with Gasteiger partial charge in [0.2, 0.25) is 0 Å². The van der Waals surface area contributed by atoms with Crippen LogP contribution in [0, 0.1) is 0 Å². The third-order valence-corrected chi connectivity index (χ3v) is 2.99. The van der Waals surface area contributed by atoms with Crippen LogP contribution in [-0.2, 0) is 6.18 Å². The summed E-state index contributed by atoms with van der Waals surface area (Å²) >= 11 is 0. The first-order chi connectivity index (χ1) is 8.98. The molecule has 0 bridgehead atoms. The molecular weight excluding hydrogens is 259 g/mol. The number of pyridine rings is 1. The van der Waals surface area contributed by atoms with Crippen molar-refractivity contribution in [3.8, 4) is 0 Å². The second kappa shape index (κ2) is 5.56. The zero-order valence-corrected chi connectivity index (χ0v) is 10.2. The van der Waals surface area contributed by atoms with Crippen LogP contribution >= 0.6 is 0 Å². The molecule has 1 aliphatic heterocycles. The molecule has 0 aromatic carbocycles. The van der Waals surface area contributed by atoms with Gasteiger partial charge in [-0.1, -0.05) is 6.42 Å². The number of nitrogens with zero attached hydrogens (tertiary/aromatic N) is 2. The number of carbonyl (C=O) groups is 1. The van der Waals surface area contributed by atoms with E-state index in [4.69, 9.17) is 0 Å². The van der Waals surface area contributed by atoms with Crippen molar-refractivity contribution >= 4 is 5.91 Å². The Balaban J connectivity index is 2.14. The van der Waals surface area contributed by atoms with Crippen LogP contribution in [-0.4, -0.2) is 29.0 Å². The number of aromatic nitrogens is 1. The van der Waals surface area contributed by atoms with Crippen molar-refractivity contribution in [2.24, 2.45) is 0 Å². The Morgan fingerprint density at radius 2 is 1.95 bits per heavy atom. The second-order valence-electron chi connectivity index (χ2n) is 4.41. The summed E-state index contributed by atoms with van der Waals surface area (Å²) in [6, 6.07) is 0.811. The third kappa shape index (κ3) is 3.44. The predicted octanol–water partition coefficient (Wildman–Crippen LogP) is 2.23. The van der Waals surface area contributed by atoms with Gasteiger partial charge in [-0.15, -0.1) is 0 Å². The summed E-state index contributed by atoms with van der Waals surface area (Å²) in [5.74, 6) is -0.762. The van der Waals surface area contributed by atoms with Crippen LogP contribution in [0.25, 0.3) is 0 Å². The van der Waals surface area contributed by atoms with Gasteiger partial charge in [0.25, 0.3) is 5.91 Å². The standard InChI is InChI=1S/C12H14F3N3O/c13-12(14,15)10-4-5-16-8-9(10)11(19)17-18-6-2-1-3-7-18/h4-5,8H,1-3,6-7H2,(H,17,19). The minimum atomic E-state index is -4.56. The Kier molecular flexibility index (Phi) is 4.04. The summed E-state index contributed by atoms with van der Waals surface area (Å²) in [6.07, 6.45) is 0.353. The van der Waals surface area contributed by atoms with E-state index in [9.17, 15) is 18.0 Å². The number of hydrogen-bond acceptors (Lipinski definition) is 3. The van der Waals surface area contributed by atoms with E-state index in [1.165, 1.54) is 0 Å². The van der Waals surface area contributed by atoms with Gasteiger partial charge in [0.05, 0.1) is 11.1 Å². The molecule has 4 nitrogen and oxygen atoms in total. The molecule has 1 aromatic heterocycles. The van der Waals surface area contributed by atoms with E-state index in [0.29, 0.717) is 13.1 Å². The van der Waals surface area contributed by atoms with Crippen molar-refractivity contribution in [1.29, 1.82) is 0 Å². The maximum Gasteiger partial charge on any atom is 0.417 e. The molecule has 2 rings (SSSR count). The monoisotopic (exact) mass is 273 g/mol. The quantitative estimate of drug-likeness (QED) is 0.898. The minimum Gasteiger partial charge on any atom is -0.285 e. The van der Waals surface area contributed by atoms with Crippen molar-refractivity contribution in [1.82, 2.24) is 15.4 Å². The number of hydrogen-bond donors (Lipinski definition) is 1. The fourth-order valence-electron chi connectivity index (χ4n) is 2.03. The van der Waals surface area contributed by atoms with E-state index in [2.05, 4.69) is 10.4 Å². The highest BCUT2D eigenvalue weighted by molar-refractivity contribution is 5.95. The van der Waals surface area contributed by atoms with Gasteiger partial charge < -0.3 is 0 Å². The lowest BCUT2D eigenvalue weighted by molar-refractivity contribution is -0.138. The molecule has 1 saturated heterocycles. The predicted molar refractivity (Wildman–Crippen MR) is 62.1 cm³/mol. The number of hydrazine groups is 1. The van der Waals surface area contributed by atoms with E-state index < -0.39 is 23.2 Å². The third-order valence-electron chi connectivity index (χ3n) is 2.99. The smallest absolute Gasteiger partial charge is 0.285 e. The van der Waals surface area contributed by atoms with Crippen molar-refractivity contribution in [2.75, 3.05) is 13.1 Å². The molecule has 7 heteroatoms. The number of alkyl halides is 3. The van der Waals surface area contributed by atoms with Crippen molar-refractivity contribution < 1.29 is 18.0 Å². The second-order valence-corrected chi connectivity index (χ2v) is 4.41. The van der Waals surface area contributed by atoms with Crippen LogP contribution < -0.4 is 5.43 Å². The molecule has 1 aromatic rings. The lowest BCUT2D eigenvalue weighted by Gasteiger charge is -2.27. The molecule has 0 aliphatic carbocycles. The summed E-state index contributed by atoms with van der Waals surface area (Å²) in [5, 5.41) is 1.65. The fraction of sp³-hybridized carbons (Fsp3) is 0.500. The van der Waals surface area contributed by atoms with Gasteiger partial charge in [-0.25, -0.2) is 5.01 Å². The van der Waals surface area contributed by atoms with Crippen LogP contribution in [0.2, 0.25) is 0 Å². The first kappa shape index (κ1) is 13.8. The average Bonchev–Trinajstić information content (AvgIpc) is 2.39. The van der Waals surface area contributed by atoms with E-state index in [0.717, 1.165) is 37.7 Å². The van der Waals surface area contributed by atoms with Crippen LogP contribution in [0.1, 0.15) is 35.2 Å². The Bertz CT molecular complexity index is 456. The SMILES string of the molecule is O=C(NN1CCCCC1)c1cnccc1C(F)(F)F. The molecule has 1 amide bonds. The van der Waals surface area contributed by atoms with Crippen LogP contribution in [0.3, 0.4) is 0 Å². The molecule has 19 heavy (non-hydrogen) atoms. The number of rotatable bonds is 2. The van der Waals surface area contributed by atoms with Gasteiger partial charge >= 0.3 is 6.18 Å². The van der Waals surface area contributed by atoms with Gasteiger partial charge in [0.1, 0.15) is 0 Å². The highest BCUT2D eigenvalue weighted by Crippen LogP contribution is 2.31. The first-order valence-corrected chi connectivity index (χ1v) is 6.05. The molecule has 0 atom stereocenters. The van der Waals surface area contributed by atoms with E-state index >= 15 is 0 Å². The molecule has 0 unspecified atom stereocenters. The Hall–Kier alpha value is -1.63. The molecule has 0 spiro atoms. The zero-order valence-electron chi connectivity index (χ0n) is 10.2. The van der Waals surface area contributed by atoms with E-state index in [1.807, 2.05) is 0 Å². The largest absolute Gasteiger partial charge is 0.417 e. The summed E-state index contributed by atoms with van der Waals surface area (Å²) in [6.45, 7) is 1.32. The highest BCUT2D eigenvalue weighted by Gasteiger charge is 2.35. The topological polar surface area (TPSA) is 45.2 Å². The highest BCUT2D eigenvalue weighted by atomic mass is 19.4. The molecule has 2 heterocycles. The van der Waals surface area contributed by atoms with Gasteiger partial charge in [-0.05, 0) is 18.9 Å². The summed E-state index contributed by atoms with van der Waals surface area (Å²) in [5.41, 5.74) is 1.10. The zero-order chi connectivity index (χ0) is 13.9. The first-order valence-electron chi connectivity index (χ1n) is 6.05.